The number of aliphatic imine (C=N–C) groups is 2. The zero-order chi connectivity index (χ0) is 81.1. The minimum absolute atomic E-state index is 0.0179. The van der Waals surface area contributed by atoms with Crippen LogP contribution in [0.3, 0.4) is 0 Å². The standard InChI is InChI=1S/C85H103N9O22/c1-55(2)79(91-77(96)21-26-104-28-30-106-32-34-108-36-38-110-40-41-111-39-37-109-35-33-107-31-29-105-27-22-86-76(95)20-23-92-78(97)47-65(83(92)100)58-12-9-7-6-8-10-13-58)82(99)89-56(3)81(98)90-62-17-14-57(15-18-62)60-42-64-51-87-68-48-74(71(102-4)45-66(68)80-85(116-80)94(64)53-60)112-24-11-25-113-75-49-69-67(46-72(75)103-5)84(101)93-52-61(43-63(93)50-88-69)59-16-19-70-73(44-59)115-54-114-70/h6-10,12-19,44-46,48-53,55-56,63-65,79-80,85H,11,20-43,47,54H2,1-5H3,(H,86,95)(H,89,99)(H,90,98)(H,91,96)/b7-6-,8-6?,9-7?,10-8-,12-9-,13-10?,58-12?,58-13+,87-51-/t56-,63-,64-,65?,79?,80?,85?/m0/s1. The van der Waals surface area contributed by atoms with Crippen molar-refractivity contribution in [2.75, 3.05) is 158 Å². The van der Waals surface area contributed by atoms with Gasteiger partial charge in [0, 0.05) is 93.4 Å². The zero-order valence-corrected chi connectivity index (χ0v) is 66.1. The van der Waals surface area contributed by atoms with E-state index in [9.17, 15) is 33.6 Å². The highest BCUT2D eigenvalue weighted by atomic mass is 16.7. The van der Waals surface area contributed by atoms with E-state index in [1.165, 1.54) is 12.0 Å². The number of rotatable bonds is 47. The molecule has 12 rings (SSSR count). The van der Waals surface area contributed by atoms with Crippen LogP contribution in [-0.2, 0) is 71.4 Å². The molecule has 4 unspecified atom stereocenters. The van der Waals surface area contributed by atoms with Crippen LogP contribution in [0.15, 0.2) is 137 Å². The number of likely N-dealkylation sites (tertiary alicyclic amines) is 1. The number of carbonyl (C=O) groups excluding carboxylic acids is 7. The van der Waals surface area contributed by atoms with Gasteiger partial charge in [-0.25, -0.2) is 0 Å². The molecular formula is C85H103N9O22. The first-order chi connectivity index (χ1) is 56.6. The molecule has 31 nitrogen and oxygen atoms in total. The van der Waals surface area contributed by atoms with Crippen molar-refractivity contribution in [3.8, 4) is 34.5 Å². The average molecular weight is 1600 g/mol. The summed E-state index contributed by atoms with van der Waals surface area (Å²) < 4.78 is 85.9. The van der Waals surface area contributed by atoms with E-state index < -0.39 is 29.8 Å². The van der Waals surface area contributed by atoms with Gasteiger partial charge in [0.15, 0.2) is 40.7 Å². The molecule has 4 aromatic rings. The second-order valence-electron chi connectivity index (χ2n) is 28.5. The lowest BCUT2D eigenvalue weighted by molar-refractivity contribution is -0.139. The number of fused-ring (bicyclic) bond motifs is 8. The van der Waals surface area contributed by atoms with Gasteiger partial charge in [-0.15, -0.1) is 0 Å². The highest BCUT2D eigenvalue weighted by molar-refractivity contribution is 6.07. The molecule has 0 bridgehead atoms. The van der Waals surface area contributed by atoms with Gasteiger partial charge in [0.2, 0.25) is 42.2 Å². The first kappa shape index (κ1) is 84.8. The summed E-state index contributed by atoms with van der Waals surface area (Å²) in [6.45, 7) is 11.9. The Labute approximate surface area is 674 Å². The largest absolute Gasteiger partial charge is 0.493 e. The molecule has 2 saturated heterocycles. The molecule has 4 N–H and O–H groups in total. The number of carbonyl (C=O) groups is 7. The van der Waals surface area contributed by atoms with Crippen molar-refractivity contribution in [3.05, 3.63) is 149 Å². The van der Waals surface area contributed by atoms with Crippen LogP contribution >= 0.6 is 0 Å². The Morgan fingerprint density at radius 3 is 1.82 bits per heavy atom. The van der Waals surface area contributed by atoms with E-state index in [2.05, 4.69) is 32.4 Å². The van der Waals surface area contributed by atoms with E-state index in [0.29, 0.717) is 176 Å². The topological polar surface area (TPSA) is 344 Å². The van der Waals surface area contributed by atoms with Gasteiger partial charge in [-0.1, -0.05) is 74.6 Å². The van der Waals surface area contributed by atoms with Crippen molar-refractivity contribution in [2.45, 2.75) is 95.8 Å². The molecule has 0 saturated carbocycles. The SMILES string of the molecule is COc1cc2c(cc1OCCCOc1cc3c(cc1OC)C1OC1N1C=C(c4ccc(NC(=O)[C@H](C)NC(=O)C(NC(=O)CCOCCOCCOCCOCCOCCOCCOCCOCCNC(=O)CCN5C(=O)CC(C6=C/C=C\C=C/C=C\6)C5=O)C(C)C)cc4)C[C@H]1/C=N\3)N=C[C@@H]1CC(c3ccc4c(c3)OCO4)=CN1C2=O. The molecule has 4 aromatic carbocycles. The number of imide groups is 1. The number of nitrogens with zero attached hydrogens (tertiary/aromatic N) is 5. The molecule has 7 heterocycles. The quantitative estimate of drug-likeness (QED) is 0.0184. The Hall–Kier alpha value is -10.6. The fourth-order valence-electron chi connectivity index (χ4n) is 13.8. The van der Waals surface area contributed by atoms with Gasteiger partial charge in [-0.2, -0.15) is 0 Å². The molecule has 0 spiro atoms. The summed E-state index contributed by atoms with van der Waals surface area (Å²) in [5.74, 6) is 0.196. The number of amides is 7. The fraction of sp³-hybridized carbons (Fsp3) is 0.471. The molecule has 2 fully saturated rings. The van der Waals surface area contributed by atoms with Crippen LogP contribution in [0.5, 0.6) is 34.5 Å². The summed E-state index contributed by atoms with van der Waals surface area (Å²) in [6.07, 6.45) is 22.1. The molecule has 1 aliphatic carbocycles. The summed E-state index contributed by atoms with van der Waals surface area (Å²) in [6, 6.07) is 18.4. The number of benzene rings is 4. The second-order valence-corrected chi connectivity index (χ2v) is 28.5. The second kappa shape index (κ2) is 42.8. The summed E-state index contributed by atoms with van der Waals surface area (Å²) >= 11 is 0. The smallest absolute Gasteiger partial charge is 0.260 e. The predicted octanol–water partition coefficient (Wildman–Crippen LogP) is 8.08. The van der Waals surface area contributed by atoms with Gasteiger partial charge in [-0.3, -0.25) is 48.4 Å². The number of anilines is 1. The maximum absolute atomic E-state index is 14.0. The van der Waals surface area contributed by atoms with Crippen LogP contribution in [0.2, 0.25) is 0 Å². The number of methoxy groups -OCH3 is 2. The van der Waals surface area contributed by atoms with Gasteiger partial charge >= 0.3 is 0 Å². The minimum Gasteiger partial charge on any atom is -0.493 e. The number of epoxide rings is 1. The highest BCUT2D eigenvalue weighted by Crippen LogP contribution is 2.52. The Morgan fingerprint density at radius 1 is 0.560 bits per heavy atom. The zero-order valence-electron chi connectivity index (χ0n) is 66.1. The van der Waals surface area contributed by atoms with Crippen LogP contribution in [0.4, 0.5) is 17.1 Å². The van der Waals surface area contributed by atoms with Gasteiger partial charge in [0.25, 0.3) is 5.91 Å². The van der Waals surface area contributed by atoms with Gasteiger partial charge < -0.3 is 102 Å². The lowest BCUT2D eigenvalue weighted by Crippen LogP contribution is -2.53. The van der Waals surface area contributed by atoms with E-state index in [4.69, 9.17) is 81.0 Å². The number of hydrogen-bond acceptors (Lipinski definition) is 25. The molecule has 0 radical (unpaired) electrons. The van der Waals surface area contributed by atoms with Crippen molar-refractivity contribution >= 4 is 82.0 Å². The van der Waals surface area contributed by atoms with E-state index in [1.54, 1.807) is 37.3 Å². The van der Waals surface area contributed by atoms with Crippen molar-refractivity contribution in [1.82, 2.24) is 30.7 Å². The van der Waals surface area contributed by atoms with Gasteiger partial charge in [0.1, 0.15) is 18.2 Å². The summed E-state index contributed by atoms with van der Waals surface area (Å²) in [5.41, 5.74) is 7.78. The molecule has 31 heteroatoms. The van der Waals surface area contributed by atoms with E-state index in [1.807, 2.05) is 123 Å². The maximum atomic E-state index is 14.0. The number of nitrogens with one attached hydrogen (secondary N) is 4. The normalized spacial score (nSPS) is 20.7. The Kier molecular flexibility index (Phi) is 31.3. The Balaban J connectivity index is 0.454. The lowest BCUT2D eigenvalue weighted by atomic mass is 9.95. The molecule has 7 amide bonds. The van der Waals surface area contributed by atoms with E-state index >= 15 is 0 Å². The van der Waals surface area contributed by atoms with Gasteiger partial charge in [-0.05, 0) is 83.5 Å². The number of hydrogen-bond donors (Lipinski definition) is 4. The summed E-state index contributed by atoms with van der Waals surface area (Å²) in [4.78, 5) is 106. The Bertz CT molecular complexity index is 4370. The van der Waals surface area contributed by atoms with Gasteiger partial charge in [0.05, 0.1) is 168 Å². The number of ether oxygens (including phenoxy) is 15. The van der Waals surface area contributed by atoms with Crippen LogP contribution in [0, 0.1) is 11.8 Å². The summed E-state index contributed by atoms with van der Waals surface area (Å²) in [7, 11) is 3.13. The van der Waals surface area contributed by atoms with Crippen molar-refractivity contribution < 1.29 is 105 Å². The van der Waals surface area contributed by atoms with Crippen LogP contribution in [-0.4, -0.2) is 252 Å². The first-order valence-electron chi connectivity index (χ1n) is 39.4. The van der Waals surface area contributed by atoms with Crippen LogP contribution in [0.25, 0.3) is 11.1 Å². The maximum Gasteiger partial charge on any atom is 0.260 e. The summed E-state index contributed by atoms with van der Waals surface area (Å²) in [5, 5.41) is 11.2. The molecule has 620 valence electrons. The molecule has 116 heavy (non-hydrogen) atoms. The van der Waals surface area contributed by atoms with Crippen molar-refractivity contribution in [2.24, 2.45) is 21.8 Å². The number of allylic oxidation sites excluding steroid dienone is 7. The lowest BCUT2D eigenvalue weighted by Gasteiger charge is -2.24. The van der Waals surface area contributed by atoms with Crippen LogP contribution in [0.1, 0.15) is 92.4 Å². The molecule has 7 atom stereocenters. The van der Waals surface area contributed by atoms with Crippen molar-refractivity contribution in [3.63, 3.8) is 0 Å². The molecule has 7 aliphatic heterocycles. The fourth-order valence-corrected chi connectivity index (χ4v) is 13.8. The monoisotopic (exact) mass is 1600 g/mol. The highest BCUT2D eigenvalue weighted by Gasteiger charge is 2.50. The van der Waals surface area contributed by atoms with E-state index in [-0.39, 0.29) is 112 Å². The van der Waals surface area contributed by atoms with Crippen LogP contribution < -0.4 is 49.7 Å². The third-order valence-corrected chi connectivity index (χ3v) is 20.1. The predicted molar refractivity (Wildman–Crippen MR) is 427 cm³/mol. The third-order valence-electron chi connectivity index (χ3n) is 20.1. The molecule has 8 aliphatic rings. The molecular weight excluding hydrogens is 1500 g/mol. The van der Waals surface area contributed by atoms with Crippen molar-refractivity contribution in [1.29, 1.82) is 0 Å². The third kappa shape index (κ3) is 23.4. The Morgan fingerprint density at radius 2 is 1.15 bits per heavy atom. The minimum atomic E-state index is -0.918. The first-order valence-corrected chi connectivity index (χ1v) is 39.4. The average Bonchev–Trinajstić information content (AvgIpc) is 1.58. The van der Waals surface area contributed by atoms with E-state index in [0.717, 1.165) is 39.1 Å². The molecule has 0 aromatic heterocycles.